The molecule has 1 aliphatic carbocycles. The minimum atomic E-state index is -4.91. The zero-order chi connectivity index (χ0) is 27.6. The number of rotatable bonds is 8. The first-order chi connectivity index (χ1) is 18.0. The first-order valence-electron chi connectivity index (χ1n) is 11.8. The maximum atomic E-state index is 15.4. The van der Waals surface area contributed by atoms with Crippen LogP contribution in [0.5, 0.6) is 0 Å². The molecule has 1 aliphatic rings. The van der Waals surface area contributed by atoms with E-state index in [0.29, 0.717) is 24.5 Å². The zero-order valence-corrected chi connectivity index (χ0v) is 20.9. The molecule has 0 atom stereocenters. The molecule has 6 nitrogen and oxygen atoms in total. The molecule has 38 heavy (non-hydrogen) atoms. The lowest BCUT2D eigenvalue weighted by atomic mass is 9.81. The highest BCUT2D eigenvalue weighted by Crippen LogP contribution is 2.38. The van der Waals surface area contributed by atoms with Gasteiger partial charge in [-0.05, 0) is 31.4 Å². The number of halogens is 6. The lowest BCUT2D eigenvalue weighted by molar-refractivity contribution is -0.137. The standard InChI is InChI=1S/C26H23ClF5N3O3/c1-2-16-10-20(36)35-24(34-16)21-18(26(30,31)32)7-6-13(23(21)29)11-33-25(37)15-8-17(9-15)38-12-14-4-3-5-19(27)22(14)28/h3-7,10,15,17H,2,8-9,11-12H2,1H3,(H,33,37)(H,34,35,36). The molecule has 0 unspecified atom stereocenters. The average molecular weight is 556 g/mol. The number of amides is 1. The number of aryl methyl sites for hydroxylation is 1. The van der Waals surface area contributed by atoms with Crippen molar-refractivity contribution in [1.82, 2.24) is 15.3 Å². The van der Waals surface area contributed by atoms with E-state index in [-0.39, 0.29) is 42.0 Å². The summed E-state index contributed by atoms with van der Waals surface area (Å²) in [6, 6.07) is 7.32. The number of H-pyrrole nitrogens is 1. The normalized spacial score (nSPS) is 17.2. The first kappa shape index (κ1) is 27.7. The van der Waals surface area contributed by atoms with Crippen molar-refractivity contribution in [2.45, 2.75) is 51.6 Å². The van der Waals surface area contributed by atoms with E-state index in [1.54, 1.807) is 19.1 Å². The molecule has 0 spiro atoms. The van der Waals surface area contributed by atoms with Gasteiger partial charge < -0.3 is 15.0 Å². The van der Waals surface area contributed by atoms with E-state index < -0.39 is 52.1 Å². The molecule has 1 fully saturated rings. The molecule has 1 aromatic heterocycles. The molecule has 4 rings (SSSR count). The third-order valence-electron chi connectivity index (χ3n) is 6.35. The summed E-state index contributed by atoms with van der Waals surface area (Å²) in [4.78, 5) is 30.6. The molecule has 1 amide bonds. The number of nitrogens with one attached hydrogen (secondary N) is 2. The Bertz CT molecular complexity index is 1400. The number of ether oxygens (including phenoxy) is 1. The lowest BCUT2D eigenvalue weighted by Crippen LogP contribution is -2.42. The largest absolute Gasteiger partial charge is 0.417 e. The third-order valence-corrected chi connectivity index (χ3v) is 6.64. The Morgan fingerprint density at radius 2 is 1.89 bits per heavy atom. The van der Waals surface area contributed by atoms with Crippen LogP contribution in [0.15, 0.2) is 41.2 Å². The van der Waals surface area contributed by atoms with Crippen LogP contribution in [0, 0.1) is 17.6 Å². The smallest absolute Gasteiger partial charge is 0.373 e. The molecule has 0 aliphatic heterocycles. The number of benzene rings is 2. The summed E-state index contributed by atoms with van der Waals surface area (Å²) < 4.78 is 75.9. The molecular formula is C26H23ClF5N3O3. The molecule has 1 heterocycles. The van der Waals surface area contributed by atoms with Crippen LogP contribution >= 0.6 is 11.6 Å². The van der Waals surface area contributed by atoms with Gasteiger partial charge in [-0.3, -0.25) is 9.59 Å². The SMILES string of the molecule is CCc1cc(=O)[nH]c(-c2c(C(F)(F)F)ccc(CNC(=O)C3CC(OCc4cccc(Cl)c4F)C3)c2F)n1. The highest BCUT2D eigenvalue weighted by molar-refractivity contribution is 6.30. The van der Waals surface area contributed by atoms with E-state index in [1.807, 2.05) is 0 Å². The Balaban J connectivity index is 1.42. The Kier molecular flexibility index (Phi) is 8.17. The maximum Gasteiger partial charge on any atom is 0.417 e. The van der Waals surface area contributed by atoms with Gasteiger partial charge in [0.05, 0.1) is 28.9 Å². The van der Waals surface area contributed by atoms with Crippen LogP contribution in [0.1, 0.15) is 42.1 Å². The summed E-state index contributed by atoms with van der Waals surface area (Å²) in [6.07, 6.45) is -4.23. The summed E-state index contributed by atoms with van der Waals surface area (Å²) >= 11 is 5.75. The van der Waals surface area contributed by atoms with Gasteiger partial charge in [0.2, 0.25) is 5.91 Å². The topological polar surface area (TPSA) is 84.1 Å². The fraction of sp³-hybridized carbons (Fsp3) is 0.346. The van der Waals surface area contributed by atoms with Gasteiger partial charge in [-0.25, -0.2) is 13.8 Å². The fourth-order valence-electron chi connectivity index (χ4n) is 4.14. The molecule has 3 aromatic rings. The van der Waals surface area contributed by atoms with Gasteiger partial charge in [0.1, 0.15) is 17.5 Å². The number of carbonyl (C=O) groups is 1. The molecule has 1 saturated carbocycles. The van der Waals surface area contributed by atoms with E-state index in [1.165, 1.54) is 6.07 Å². The van der Waals surface area contributed by atoms with Crippen molar-refractivity contribution in [3.8, 4) is 11.4 Å². The van der Waals surface area contributed by atoms with Crippen molar-refractivity contribution >= 4 is 17.5 Å². The second-order valence-electron chi connectivity index (χ2n) is 8.93. The van der Waals surface area contributed by atoms with Crippen molar-refractivity contribution in [3.63, 3.8) is 0 Å². The van der Waals surface area contributed by atoms with Gasteiger partial charge in [-0.1, -0.05) is 36.7 Å². The van der Waals surface area contributed by atoms with Crippen LogP contribution in [0.25, 0.3) is 11.4 Å². The predicted octanol–water partition coefficient (Wildman–Crippen LogP) is 5.56. The summed E-state index contributed by atoms with van der Waals surface area (Å²) in [5, 5.41) is 2.52. The van der Waals surface area contributed by atoms with Crippen LogP contribution in [-0.4, -0.2) is 22.0 Å². The van der Waals surface area contributed by atoms with E-state index in [2.05, 4.69) is 15.3 Å². The van der Waals surface area contributed by atoms with Gasteiger partial charge >= 0.3 is 6.18 Å². The second-order valence-corrected chi connectivity index (χ2v) is 9.34. The zero-order valence-electron chi connectivity index (χ0n) is 20.1. The molecule has 12 heteroatoms. The first-order valence-corrected chi connectivity index (χ1v) is 12.2. The van der Waals surface area contributed by atoms with Crippen LogP contribution in [-0.2, 0) is 35.3 Å². The van der Waals surface area contributed by atoms with Crippen LogP contribution in [0.2, 0.25) is 5.02 Å². The highest BCUT2D eigenvalue weighted by atomic mass is 35.5. The molecular weight excluding hydrogens is 533 g/mol. The molecule has 0 radical (unpaired) electrons. The number of hydrogen-bond donors (Lipinski definition) is 2. The minimum Gasteiger partial charge on any atom is -0.373 e. The Morgan fingerprint density at radius 1 is 1.16 bits per heavy atom. The number of nitrogens with zero attached hydrogens (tertiary/aromatic N) is 1. The van der Waals surface area contributed by atoms with Gasteiger partial charge in [0.15, 0.2) is 0 Å². The Labute approximate surface area is 219 Å². The van der Waals surface area contributed by atoms with Crippen molar-refractivity contribution in [3.05, 3.63) is 85.8 Å². The predicted molar refractivity (Wildman–Crippen MR) is 129 cm³/mol. The van der Waals surface area contributed by atoms with E-state index in [4.69, 9.17) is 16.3 Å². The average Bonchev–Trinajstić information content (AvgIpc) is 2.83. The fourth-order valence-corrected chi connectivity index (χ4v) is 4.34. The lowest BCUT2D eigenvalue weighted by Gasteiger charge is -2.34. The molecule has 0 saturated heterocycles. The monoisotopic (exact) mass is 555 g/mol. The second kappa shape index (κ2) is 11.2. The maximum absolute atomic E-state index is 15.4. The van der Waals surface area contributed by atoms with Crippen LogP contribution < -0.4 is 10.9 Å². The van der Waals surface area contributed by atoms with Gasteiger partial charge in [-0.15, -0.1) is 0 Å². The molecule has 2 N–H and O–H groups in total. The van der Waals surface area contributed by atoms with Crippen molar-refractivity contribution in [2.75, 3.05) is 0 Å². The third kappa shape index (κ3) is 6.05. The van der Waals surface area contributed by atoms with Crippen LogP contribution in [0.4, 0.5) is 22.0 Å². The van der Waals surface area contributed by atoms with Crippen molar-refractivity contribution < 1.29 is 31.5 Å². The number of hydrogen-bond acceptors (Lipinski definition) is 4. The number of aromatic nitrogens is 2. The molecule has 2 aromatic carbocycles. The Morgan fingerprint density at radius 3 is 2.58 bits per heavy atom. The minimum absolute atomic E-state index is 0.0136. The van der Waals surface area contributed by atoms with E-state index in [0.717, 1.165) is 12.1 Å². The highest BCUT2D eigenvalue weighted by Gasteiger charge is 2.38. The number of carbonyl (C=O) groups excluding carboxylic acids is 1. The van der Waals surface area contributed by atoms with Gasteiger partial charge in [0, 0.05) is 35.3 Å². The number of alkyl halides is 3. The molecule has 202 valence electrons. The summed E-state index contributed by atoms with van der Waals surface area (Å²) in [7, 11) is 0. The van der Waals surface area contributed by atoms with E-state index >= 15 is 4.39 Å². The van der Waals surface area contributed by atoms with Crippen molar-refractivity contribution in [2.24, 2.45) is 5.92 Å². The summed E-state index contributed by atoms with van der Waals surface area (Å²) in [6.45, 7) is 1.27. The number of aromatic amines is 1. The van der Waals surface area contributed by atoms with Gasteiger partial charge in [0.25, 0.3) is 5.56 Å². The quantitative estimate of drug-likeness (QED) is 0.356. The van der Waals surface area contributed by atoms with Crippen LogP contribution in [0.3, 0.4) is 0 Å². The summed E-state index contributed by atoms with van der Waals surface area (Å²) in [5.74, 6) is -3.21. The summed E-state index contributed by atoms with van der Waals surface area (Å²) in [5.41, 5.74) is -2.60. The Hall–Kier alpha value is -3.31. The molecule has 0 bridgehead atoms. The van der Waals surface area contributed by atoms with Gasteiger partial charge in [-0.2, -0.15) is 13.2 Å². The van der Waals surface area contributed by atoms with E-state index in [9.17, 15) is 27.2 Å². The van der Waals surface area contributed by atoms with Crippen molar-refractivity contribution in [1.29, 1.82) is 0 Å².